The van der Waals surface area contributed by atoms with E-state index in [-0.39, 0.29) is 5.91 Å². The highest BCUT2D eigenvalue weighted by Crippen LogP contribution is 2.20. The van der Waals surface area contributed by atoms with Crippen LogP contribution in [0.5, 0.6) is 5.75 Å². The largest absolute Gasteiger partial charge is 0.492 e. The van der Waals surface area contributed by atoms with E-state index in [1.54, 1.807) is 40.8 Å². The summed E-state index contributed by atoms with van der Waals surface area (Å²) in [5.74, 6) is 6.07. The number of carbonyl (C=O) groups excluding carboxylic acids is 1. The molecule has 1 aromatic carbocycles. The van der Waals surface area contributed by atoms with Crippen LogP contribution in [0.25, 0.3) is 0 Å². The van der Waals surface area contributed by atoms with Crippen LogP contribution in [0.3, 0.4) is 0 Å². The highest BCUT2D eigenvalue weighted by atomic mass is 32.2. The number of aryl methyl sites for hydroxylation is 1. The molecule has 1 heterocycles. The number of nitrogens with two attached hydrogens (primary N) is 1. The number of hydrogen-bond acceptors (Lipinski definition) is 5. The third-order valence-corrected chi connectivity index (χ3v) is 3.47. The lowest BCUT2D eigenvalue weighted by atomic mass is 10.2. The topological polar surface area (TPSA) is 82.2 Å². The van der Waals surface area contributed by atoms with Crippen LogP contribution < -0.4 is 16.0 Å². The lowest BCUT2D eigenvalue weighted by Gasteiger charge is -2.09. The van der Waals surface area contributed by atoms with Gasteiger partial charge in [-0.05, 0) is 12.1 Å². The van der Waals surface area contributed by atoms with Gasteiger partial charge in [0.2, 0.25) is 0 Å². The molecule has 3 N–H and O–H groups in total. The van der Waals surface area contributed by atoms with Crippen LogP contribution in [0.4, 0.5) is 0 Å². The zero-order valence-electron chi connectivity index (χ0n) is 11.1. The second-order valence-corrected chi connectivity index (χ2v) is 5.18. The number of benzene rings is 1. The van der Waals surface area contributed by atoms with Gasteiger partial charge in [-0.2, -0.15) is 5.10 Å². The van der Waals surface area contributed by atoms with Crippen LogP contribution in [0.15, 0.2) is 41.6 Å². The minimum atomic E-state index is -0.361. The molecule has 1 amide bonds. The molecule has 0 radical (unpaired) electrons. The molecule has 2 aromatic rings. The van der Waals surface area contributed by atoms with Crippen molar-refractivity contribution in [1.82, 2.24) is 15.2 Å². The highest BCUT2D eigenvalue weighted by molar-refractivity contribution is 7.99. The van der Waals surface area contributed by atoms with Gasteiger partial charge < -0.3 is 4.74 Å². The Labute approximate surface area is 121 Å². The van der Waals surface area contributed by atoms with E-state index in [0.29, 0.717) is 17.9 Å². The molecule has 0 aliphatic rings. The second-order valence-electron chi connectivity index (χ2n) is 4.02. The SMILES string of the molecule is Cn1cc(SCCOc2ccccc2C(=O)NN)cn1. The Morgan fingerprint density at radius 2 is 2.30 bits per heavy atom. The standard InChI is InChI=1S/C13H16N4O2S/c1-17-9-10(8-15-17)20-7-6-19-12-5-3-2-4-11(12)13(18)16-14/h2-5,8-9H,6-7,14H2,1H3,(H,16,18). The van der Waals surface area contributed by atoms with Crippen molar-refractivity contribution in [3.8, 4) is 5.75 Å². The van der Waals surface area contributed by atoms with E-state index in [0.717, 1.165) is 10.6 Å². The molecule has 0 unspecified atom stereocenters. The first-order valence-corrected chi connectivity index (χ1v) is 7.03. The first kappa shape index (κ1) is 14.4. The smallest absolute Gasteiger partial charge is 0.268 e. The number of rotatable bonds is 6. The van der Waals surface area contributed by atoms with E-state index < -0.39 is 0 Å². The summed E-state index contributed by atoms with van der Waals surface area (Å²) in [5, 5.41) is 4.09. The molecule has 106 valence electrons. The summed E-state index contributed by atoms with van der Waals surface area (Å²) in [6, 6.07) is 7.00. The molecule has 0 saturated carbocycles. The fourth-order valence-electron chi connectivity index (χ4n) is 1.64. The highest BCUT2D eigenvalue weighted by Gasteiger charge is 2.10. The van der Waals surface area contributed by atoms with Crippen molar-refractivity contribution in [1.29, 1.82) is 0 Å². The Balaban J connectivity index is 1.86. The lowest BCUT2D eigenvalue weighted by Crippen LogP contribution is -2.30. The number of amides is 1. The van der Waals surface area contributed by atoms with Gasteiger partial charge in [-0.3, -0.25) is 14.9 Å². The predicted octanol–water partition coefficient (Wildman–Crippen LogP) is 1.19. The first-order chi connectivity index (χ1) is 9.70. The van der Waals surface area contributed by atoms with Crippen molar-refractivity contribution in [3.05, 3.63) is 42.2 Å². The quantitative estimate of drug-likeness (QED) is 0.275. The number of hydrazine groups is 1. The third kappa shape index (κ3) is 3.75. The number of ether oxygens (including phenoxy) is 1. The average Bonchev–Trinajstić information content (AvgIpc) is 2.89. The molecule has 6 nitrogen and oxygen atoms in total. The molecular weight excluding hydrogens is 276 g/mol. The van der Waals surface area contributed by atoms with Crippen LogP contribution >= 0.6 is 11.8 Å². The molecule has 0 saturated heterocycles. The lowest BCUT2D eigenvalue weighted by molar-refractivity contribution is 0.0950. The number of carbonyl (C=O) groups is 1. The molecule has 0 fully saturated rings. The maximum atomic E-state index is 11.6. The molecule has 7 heteroatoms. The van der Waals surface area contributed by atoms with E-state index in [4.69, 9.17) is 10.6 Å². The normalized spacial score (nSPS) is 10.3. The number of hydrogen-bond donors (Lipinski definition) is 2. The minimum absolute atomic E-state index is 0.361. The fourth-order valence-corrected chi connectivity index (χ4v) is 2.39. The van der Waals surface area contributed by atoms with Crippen LogP contribution in [-0.4, -0.2) is 28.0 Å². The summed E-state index contributed by atoms with van der Waals surface area (Å²) in [6.07, 6.45) is 3.75. The Kier molecular flexibility index (Phi) is 5.03. The monoisotopic (exact) mass is 292 g/mol. The van der Waals surface area contributed by atoms with E-state index in [1.807, 2.05) is 19.3 Å². The summed E-state index contributed by atoms with van der Waals surface area (Å²) in [5.41, 5.74) is 2.54. The number of nitrogen functional groups attached to an aromatic ring is 1. The number of para-hydroxylation sites is 1. The van der Waals surface area contributed by atoms with E-state index >= 15 is 0 Å². The fraction of sp³-hybridized carbons (Fsp3) is 0.231. The molecule has 20 heavy (non-hydrogen) atoms. The zero-order chi connectivity index (χ0) is 14.4. The Morgan fingerprint density at radius 3 is 3.00 bits per heavy atom. The van der Waals surface area contributed by atoms with Crippen LogP contribution in [0.1, 0.15) is 10.4 Å². The summed E-state index contributed by atoms with van der Waals surface area (Å²) < 4.78 is 7.38. The van der Waals surface area contributed by atoms with Gasteiger partial charge in [-0.15, -0.1) is 11.8 Å². The van der Waals surface area contributed by atoms with Crippen molar-refractivity contribution in [2.45, 2.75) is 4.90 Å². The molecule has 2 rings (SSSR count). The van der Waals surface area contributed by atoms with E-state index in [9.17, 15) is 4.79 Å². The third-order valence-electron chi connectivity index (χ3n) is 2.55. The Bertz CT molecular complexity index is 585. The van der Waals surface area contributed by atoms with Gasteiger partial charge in [0.1, 0.15) is 5.75 Å². The van der Waals surface area contributed by atoms with E-state index in [2.05, 4.69) is 10.5 Å². The molecule has 0 aliphatic heterocycles. The minimum Gasteiger partial charge on any atom is -0.492 e. The van der Waals surface area contributed by atoms with Crippen LogP contribution in [0, 0.1) is 0 Å². The number of thioether (sulfide) groups is 1. The first-order valence-electron chi connectivity index (χ1n) is 6.05. The van der Waals surface area contributed by atoms with Gasteiger partial charge in [0.05, 0.1) is 18.4 Å². The van der Waals surface area contributed by atoms with Crippen molar-refractivity contribution in [3.63, 3.8) is 0 Å². The molecular formula is C13H16N4O2S. The predicted molar refractivity (Wildman–Crippen MR) is 77.5 cm³/mol. The number of aromatic nitrogens is 2. The van der Waals surface area contributed by atoms with Crippen molar-refractivity contribution >= 4 is 17.7 Å². The van der Waals surface area contributed by atoms with E-state index in [1.165, 1.54) is 0 Å². The summed E-state index contributed by atoms with van der Waals surface area (Å²) in [4.78, 5) is 12.6. The van der Waals surface area contributed by atoms with Crippen molar-refractivity contribution in [2.75, 3.05) is 12.4 Å². The molecule has 0 aliphatic carbocycles. The van der Waals surface area contributed by atoms with Gasteiger partial charge in [0.25, 0.3) is 5.91 Å². The maximum absolute atomic E-state index is 11.6. The Hall–Kier alpha value is -1.99. The maximum Gasteiger partial charge on any atom is 0.268 e. The Morgan fingerprint density at radius 1 is 1.50 bits per heavy atom. The van der Waals surface area contributed by atoms with Gasteiger partial charge in [-0.1, -0.05) is 12.1 Å². The molecule has 0 spiro atoms. The molecule has 0 atom stereocenters. The van der Waals surface area contributed by atoms with Gasteiger partial charge in [0.15, 0.2) is 0 Å². The summed E-state index contributed by atoms with van der Waals surface area (Å²) >= 11 is 1.65. The summed E-state index contributed by atoms with van der Waals surface area (Å²) in [6.45, 7) is 0.494. The second kappa shape index (κ2) is 6.97. The number of nitrogens with one attached hydrogen (secondary N) is 1. The number of nitrogens with zero attached hydrogens (tertiary/aromatic N) is 2. The zero-order valence-corrected chi connectivity index (χ0v) is 11.9. The average molecular weight is 292 g/mol. The van der Waals surface area contributed by atoms with Gasteiger partial charge in [0, 0.05) is 23.9 Å². The van der Waals surface area contributed by atoms with Crippen LogP contribution in [-0.2, 0) is 7.05 Å². The summed E-state index contributed by atoms with van der Waals surface area (Å²) in [7, 11) is 1.88. The van der Waals surface area contributed by atoms with Gasteiger partial charge in [-0.25, -0.2) is 5.84 Å². The van der Waals surface area contributed by atoms with Crippen molar-refractivity contribution < 1.29 is 9.53 Å². The van der Waals surface area contributed by atoms with Gasteiger partial charge >= 0.3 is 0 Å². The molecule has 0 bridgehead atoms. The molecule has 1 aromatic heterocycles. The van der Waals surface area contributed by atoms with Crippen molar-refractivity contribution in [2.24, 2.45) is 12.9 Å². The van der Waals surface area contributed by atoms with Crippen LogP contribution in [0.2, 0.25) is 0 Å².